The van der Waals surface area contributed by atoms with Gasteiger partial charge in [0.15, 0.2) is 0 Å². The second-order valence-corrected chi connectivity index (χ2v) is 14.2. The summed E-state index contributed by atoms with van der Waals surface area (Å²) in [4.78, 5) is 33.5. The summed E-state index contributed by atoms with van der Waals surface area (Å²) in [5.74, 6) is 0.365. The summed E-state index contributed by atoms with van der Waals surface area (Å²) in [7, 11) is 1.47. The number of halogens is 1. The predicted molar refractivity (Wildman–Crippen MR) is 181 cm³/mol. The number of piperazine rings is 1. The number of aliphatic imine (C=N–C) groups is 1. The monoisotopic (exact) mass is 627 g/mol. The zero-order valence-electron chi connectivity index (χ0n) is 26.2. The van der Waals surface area contributed by atoms with Crippen LogP contribution < -0.4 is 20.7 Å². The van der Waals surface area contributed by atoms with E-state index < -0.39 is 13.0 Å². The average Bonchev–Trinajstić information content (AvgIpc) is 2.96. The summed E-state index contributed by atoms with van der Waals surface area (Å²) in [5.41, 5.74) is 3.04. The number of amides is 2. The summed E-state index contributed by atoms with van der Waals surface area (Å²) in [5, 5.41) is 7.28. The fourth-order valence-corrected chi connectivity index (χ4v) is 5.57. The number of nitrogens with zero attached hydrogens (tertiary/aromatic N) is 3. The van der Waals surface area contributed by atoms with E-state index in [-0.39, 0.29) is 5.91 Å². The maximum Gasteiger partial charge on any atom is 0.256 e. The molecule has 0 radical (unpaired) electrons. The van der Waals surface area contributed by atoms with Gasteiger partial charge in [-0.25, -0.2) is 4.99 Å². The molecule has 2 aromatic carbocycles. The molecule has 43 heavy (non-hydrogen) atoms. The van der Waals surface area contributed by atoms with E-state index >= 15 is 0 Å². The summed E-state index contributed by atoms with van der Waals surface area (Å²) in [6.45, 7) is 19.2. The highest BCUT2D eigenvalue weighted by Crippen LogP contribution is 2.35. The Labute approximate surface area is 260 Å². The first-order valence-electron chi connectivity index (χ1n) is 13.7. The van der Waals surface area contributed by atoms with Crippen molar-refractivity contribution in [2.75, 3.05) is 64.3 Å². The SMILES string of the molecule is C=CC(=O)Nc1cc(NC(C)=N/C=C(/Cl)C(=C)C)c(OC)cc1C(=O)N1CCN(C)CC1.Cc1ccccc1P(C)(C)=O. The van der Waals surface area contributed by atoms with Gasteiger partial charge in [0.2, 0.25) is 5.91 Å². The topological polar surface area (TPSA) is 103 Å². The van der Waals surface area contributed by atoms with Gasteiger partial charge in [-0.05, 0) is 70.5 Å². The van der Waals surface area contributed by atoms with Crippen LogP contribution in [-0.2, 0) is 9.36 Å². The molecule has 2 amide bonds. The molecular formula is C32H43ClN5O4P. The molecule has 0 bridgehead atoms. The average molecular weight is 628 g/mol. The first-order valence-corrected chi connectivity index (χ1v) is 16.7. The second kappa shape index (κ2) is 16.3. The maximum atomic E-state index is 13.2. The Morgan fingerprint density at radius 1 is 1.07 bits per heavy atom. The molecule has 0 saturated carbocycles. The van der Waals surface area contributed by atoms with E-state index in [2.05, 4.69) is 33.7 Å². The fraction of sp³-hybridized carbons (Fsp3) is 0.344. The number of benzene rings is 2. The lowest BCUT2D eigenvalue weighted by atomic mass is 10.1. The molecule has 11 heteroatoms. The number of ether oxygens (including phenoxy) is 1. The highest BCUT2D eigenvalue weighted by molar-refractivity contribution is 7.70. The number of hydrogen-bond acceptors (Lipinski definition) is 6. The first-order chi connectivity index (χ1) is 20.2. The summed E-state index contributed by atoms with van der Waals surface area (Å²) in [6.07, 6.45) is 2.64. The van der Waals surface area contributed by atoms with Crippen molar-refractivity contribution in [1.82, 2.24) is 9.80 Å². The molecule has 2 N–H and O–H groups in total. The normalized spacial score (nSPS) is 14.3. The Morgan fingerprint density at radius 3 is 2.21 bits per heavy atom. The van der Waals surface area contributed by atoms with Crippen LogP contribution in [0, 0.1) is 6.92 Å². The van der Waals surface area contributed by atoms with E-state index in [0.717, 1.165) is 30.0 Å². The largest absolute Gasteiger partial charge is 0.495 e. The van der Waals surface area contributed by atoms with Crippen LogP contribution in [0.25, 0.3) is 0 Å². The second-order valence-electron chi connectivity index (χ2n) is 10.6. The smallest absolute Gasteiger partial charge is 0.256 e. The van der Waals surface area contributed by atoms with E-state index in [1.807, 2.05) is 38.2 Å². The first kappa shape index (κ1) is 35.5. The van der Waals surface area contributed by atoms with E-state index in [1.54, 1.807) is 44.2 Å². The Morgan fingerprint density at radius 2 is 1.70 bits per heavy atom. The number of rotatable bonds is 8. The lowest BCUT2D eigenvalue weighted by molar-refractivity contribution is -0.111. The van der Waals surface area contributed by atoms with Crippen LogP contribution in [0.3, 0.4) is 0 Å². The molecule has 1 saturated heterocycles. The van der Waals surface area contributed by atoms with Gasteiger partial charge in [0, 0.05) is 37.7 Å². The number of aryl methyl sites for hydroxylation is 1. The minimum atomic E-state index is -2.06. The molecule has 1 heterocycles. The Hall–Kier alpha value is -3.65. The van der Waals surface area contributed by atoms with Crippen LogP contribution >= 0.6 is 18.7 Å². The summed E-state index contributed by atoms with van der Waals surface area (Å²) >= 11 is 6.06. The molecule has 9 nitrogen and oxygen atoms in total. The van der Waals surface area contributed by atoms with Gasteiger partial charge in [0.05, 0.1) is 29.1 Å². The fourth-order valence-electron chi connectivity index (χ4n) is 4.15. The number of anilines is 2. The van der Waals surface area contributed by atoms with Crippen LogP contribution in [-0.4, -0.2) is 81.1 Å². The van der Waals surface area contributed by atoms with Crippen molar-refractivity contribution in [3.05, 3.63) is 83.6 Å². The van der Waals surface area contributed by atoms with Gasteiger partial charge >= 0.3 is 0 Å². The third-order valence-corrected chi connectivity index (χ3v) is 8.68. The summed E-state index contributed by atoms with van der Waals surface area (Å²) in [6, 6.07) is 11.1. The number of carbonyl (C=O) groups is 2. The van der Waals surface area contributed by atoms with Crippen molar-refractivity contribution in [1.29, 1.82) is 0 Å². The molecule has 2 aromatic rings. The molecule has 3 rings (SSSR count). The molecule has 0 atom stereocenters. The third kappa shape index (κ3) is 10.8. The number of likely N-dealkylation sites (N-methyl/N-ethyl adjacent to an activating group) is 1. The molecule has 1 aliphatic rings. The minimum absolute atomic E-state index is 0.177. The number of methoxy groups -OCH3 is 1. The van der Waals surface area contributed by atoms with Crippen molar-refractivity contribution in [2.24, 2.45) is 4.99 Å². The molecule has 0 aliphatic carbocycles. The quantitative estimate of drug-likeness (QED) is 0.124. The molecule has 0 aromatic heterocycles. The van der Waals surface area contributed by atoms with E-state index in [9.17, 15) is 14.2 Å². The Bertz CT molecular complexity index is 1460. The molecule has 232 valence electrons. The van der Waals surface area contributed by atoms with Gasteiger partial charge < -0.3 is 29.7 Å². The number of carbonyl (C=O) groups excluding carboxylic acids is 2. The van der Waals surface area contributed by atoms with Gasteiger partial charge in [-0.15, -0.1) is 0 Å². The van der Waals surface area contributed by atoms with Crippen molar-refractivity contribution in [3.8, 4) is 5.75 Å². The van der Waals surface area contributed by atoms with E-state index in [0.29, 0.717) is 52.2 Å². The predicted octanol–water partition coefficient (Wildman–Crippen LogP) is 5.94. The van der Waals surface area contributed by atoms with Gasteiger partial charge in [0.25, 0.3) is 5.91 Å². The third-order valence-electron chi connectivity index (χ3n) is 6.59. The van der Waals surface area contributed by atoms with Gasteiger partial charge in [-0.1, -0.05) is 49.0 Å². The van der Waals surface area contributed by atoms with Crippen molar-refractivity contribution < 1.29 is 18.9 Å². The number of amidine groups is 1. The highest BCUT2D eigenvalue weighted by atomic mass is 35.5. The van der Waals surface area contributed by atoms with Crippen LogP contribution in [0.2, 0.25) is 0 Å². The zero-order valence-corrected chi connectivity index (χ0v) is 27.8. The van der Waals surface area contributed by atoms with E-state index in [4.69, 9.17) is 16.3 Å². The zero-order chi connectivity index (χ0) is 32.3. The highest BCUT2D eigenvalue weighted by Gasteiger charge is 2.25. The van der Waals surface area contributed by atoms with Crippen LogP contribution in [0.1, 0.15) is 29.8 Å². The molecule has 1 aliphatic heterocycles. The lowest BCUT2D eigenvalue weighted by Crippen LogP contribution is -2.47. The maximum absolute atomic E-state index is 13.2. The van der Waals surface area contributed by atoms with Crippen molar-refractivity contribution in [3.63, 3.8) is 0 Å². The van der Waals surface area contributed by atoms with Gasteiger partial charge in [0.1, 0.15) is 18.7 Å². The molecule has 1 fully saturated rings. The van der Waals surface area contributed by atoms with Crippen molar-refractivity contribution >= 4 is 53.1 Å². The molecular weight excluding hydrogens is 585 g/mol. The number of nitrogens with one attached hydrogen (secondary N) is 2. The van der Waals surface area contributed by atoms with Crippen LogP contribution in [0.5, 0.6) is 5.75 Å². The van der Waals surface area contributed by atoms with Gasteiger partial charge in [-0.3, -0.25) is 9.59 Å². The lowest BCUT2D eigenvalue weighted by Gasteiger charge is -2.33. The number of allylic oxidation sites excluding steroid dienone is 2. The van der Waals surface area contributed by atoms with Crippen molar-refractivity contribution in [2.45, 2.75) is 20.8 Å². The molecule has 0 spiro atoms. The Balaban J connectivity index is 0.000000490. The van der Waals surface area contributed by atoms with Gasteiger partial charge in [-0.2, -0.15) is 0 Å². The summed E-state index contributed by atoms with van der Waals surface area (Å²) < 4.78 is 17.1. The number of hydrogen-bond donors (Lipinski definition) is 2. The Kier molecular flexibility index (Phi) is 13.4. The minimum Gasteiger partial charge on any atom is -0.495 e. The molecule has 0 unspecified atom stereocenters. The van der Waals surface area contributed by atoms with Crippen LogP contribution in [0.4, 0.5) is 11.4 Å². The van der Waals surface area contributed by atoms with Crippen LogP contribution in [0.15, 0.2) is 77.4 Å². The van der Waals surface area contributed by atoms with E-state index in [1.165, 1.54) is 13.3 Å². The standard InChI is InChI=1S/C23H30ClN5O3.C9H13OP/c1-7-22(30)27-19-13-20(26-16(4)25-14-18(24)15(2)3)21(32-6)12-17(19)23(31)29-10-8-28(5)9-11-29;1-8-6-4-5-7-9(8)11(2,3)10/h7,12-14H,1-2,8-11H2,3-6H3,(H,25,26)(H,27,30);4-7H,1-3H3/b18-14+;.